The number of halogens is 1. The van der Waals surface area contributed by atoms with Gasteiger partial charge in [-0.1, -0.05) is 0 Å². The minimum absolute atomic E-state index is 0.134. The molecule has 1 fully saturated rings. The Kier molecular flexibility index (Phi) is 4.87. The normalized spacial score (nSPS) is 19.1. The van der Waals surface area contributed by atoms with E-state index in [-0.39, 0.29) is 18.0 Å². The molecule has 1 N–H and O–H groups in total. The first-order valence-corrected chi connectivity index (χ1v) is 8.09. The molecule has 0 spiro atoms. The molecule has 1 saturated heterocycles. The van der Waals surface area contributed by atoms with E-state index in [1.165, 1.54) is 4.90 Å². The van der Waals surface area contributed by atoms with E-state index in [0.29, 0.717) is 19.5 Å². The van der Waals surface area contributed by atoms with Crippen LogP contribution >= 0.6 is 27.7 Å². The van der Waals surface area contributed by atoms with Crippen molar-refractivity contribution in [2.75, 3.05) is 18.6 Å². The van der Waals surface area contributed by atoms with E-state index in [9.17, 15) is 9.59 Å². The molecule has 0 saturated carbocycles. The van der Waals surface area contributed by atoms with Crippen molar-refractivity contribution in [2.24, 2.45) is 0 Å². The third-order valence-corrected chi connectivity index (χ3v) is 3.93. The Bertz CT molecular complexity index is 479. The molecule has 0 radical (unpaired) electrons. The van der Waals surface area contributed by atoms with Crippen LogP contribution in [0.2, 0.25) is 0 Å². The molecule has 1 aromatic heterocycles. The summed E-state index contributed by atoms with van der Waals surface area (Å²) in [7, 11) is 0. The first kappa shape index (κ1) is 14.4. The summed E-state index contributed by atoms with van der Waals surface area (Å²) in [5, 5.41) is 6.81. The van der Waals surface area contributed by atoms with Gasteiger partial charge in [0.2, 0.25) is 0 Å². The summed E-state index contributed by atoms with van der Waals surface area (Å²) in [4.78, 5) is 25.0. The average molecular weight is 347 g/mol. The molecule has 0 aliphatic carbocycles. The van der Waals surface area contributed by atoms with E-state index in [1.807, 2.05) is 12.5 Å². The molecule has 0 aromatic carbocycles. The van der Waals surface area contributed by atoms with Gasteiger partial charge in [0.25, 0.3) is 5.91 Å². The predicted octanol–water partition coefficient (Wildman–Crippen LogP) is 1.32. The number of nitrogens with zero attached hydrogens (tertiary/aromatic N) is 3. The monoisotopic (exact) mass is 346 g/mol. The van der Waals surface area contributed by atoms with E-state index in [1.54, 1.807) is 22.6 Å². The quantitative estimate of drug-likeness (QED) is 0.789. The van der Waals surface area contributed by atoms with Crippen LogP contribution in [0.3, 0.4) is 0 Å². The van der Waals surface area contributed by atoms with Crippen molar-refractivity contribution in [3.05, 3.63) is 16.9 Å². The standard InChI is InChI=1S/C11H15BrN4O2S/c1-19-5-2-9-10(17)16(11(18)14-9)4-3-15-7-8(12)6-13-15/h6-7,9H,2-5H2,1H3,(H,14,18)/t9-/m0/s1. The summed E-state index contributed by atoms with van der Waals surface area (Å²) in [6, 6.07) is -0.674. The smallest absolute Gasteiger partial charge is 0.324 e. The van der Waals surface area contributed by atoms with Crippen molar-refractivity contribution in [2.45, 2.75) is 19.0 Å². The number of imide groups is 1. The molecule has 1 aromatic rings. The molecule has 0 unspecified atom stereocenters. The second-order valence-electron chi connectivity index (χ2n) is 4.20. The van der Waals surface area contributed by atoms with Gasteiger partial charge in [-0.2, -0.15) is 16.9 Å². The molecule has 3 amide bonds. The van der Waals surface area contributed by atoms with Gasteiger partial charge in [0, 0.05) is 6.20 Å². The molecule has 0 bridgehead atoms. The molecule has 8 heteroatoms. The lowest BCUT2D eigenvalue weighted by molar-refractivity contribution is -0.127. The molecular formula is C11H15BrN4O2S. The van der Waals surface area contributed by atoms with Crippen LogP contribution in [-0.2, 0) is 11.3 Å². The largest absolute Gasteiger partial charge is 0.326 e. The zero-order chi connectivity index (χ0) is 13.8. The number of urea groups is 1. The van der Waals surface area contributed by atoms with E-state index < -0.39 is 0 Å². The number of thioether (sulfide) groups is 1. The molecule has 1 aliphatic rings. The van der Waals surface area contributed by atoms with Gasteiger partial charge in [0.05, 0.1) is 23.8 Å². The Morgan fingerprint density at radius 1 is 1.47 bits per heavy atom. The van der Waals surface area contributed by atoms with Crippen LogP contribution in [0.25, 0.3) is 0 Å². The van der Waals surface area contributed by atoms with Crippen molar-refractivity contribution in [3.8, 4) is 0 Å². The van der Waals surface area contributed by atoms with Crippen LogP contribution in [-0.4, -0.2) is 51.2 Å². The summed E-state index contributed by atoms with van der Waals surface area (Å²) < 4.78 is 2.57. The Balaban J connectivity index is 1.89. The molecule has 1 aliphatic heterocycles. The highest BCUT2D eigenvalue weighted by Gasteiger charge is 2.36. The summed E-state index contributed by atoms with van der Waals surface area (Å²) in [6.45, 7) is 0.842. The summed E-state index contributed by atoms with van der Waals surface area (Å²) in [5.41, 5.74) is 0. The van der Waals surface area contributed by atoms with Gasteiger partial charge in [-0.25, -0.2) is 4.79 Å². The summed E-state index contributed by atoms with van der Waals surface area (Å²) in [5.74, 6) is 0.724. The van der Waals surface area contributed by atoms with Crippen molar-refractivity contribution in [1.29, 1.82) is 0 Å². The van der Waals surface area contributed by atoms with Crippen LogP contribution in [0.4, 0.5) is 4.79 Å². The third-order valence-electron chi connectivity index (χ3n) is 2.87. The second-order valence-corrected chi connectivity index (χ2v) is 6.10. The number of amides is 3. The van der Waals surface area contributed by atoms with Crippen LogP contribution in [0.5, 0.6) is 0 Å². The maximum atomic E-state index is 12.0. The third kappa shape index (κ3) is 3.50. The van der Waals surface area contributed by atoms with Gasteiger partial charge in [-0.3, -0.25) is 14.4 Å². The lowest BCUT2D eigenvalue weighted by Gasteiger charge is -2.12. The molecule has 1 atom stereocenters. The fraction of sp³-hybridized carbons (Fsp3) is 0.545. The number of carbonyl (C=O) groups is 2. The summed E-state index contributed by atoms with van der Waals surface area (Å²) in [6.07, 6.45) is 6.14. The maximum absolute atomic E-state index is 12.0. The van der Waals surface area contributed by atoms with E-state index in [2.05, 4.69) is 26.3 Å². The first-order valence-electron chi connectivity index (χ1n) is 5.90. The van der Waals surface area contributed by atoms with Crippen molar-refractivity contribution < 1.29 is 9.59 Å². The van der Waals surface area contributed by atoms with Gasteiger partial charge in [0.15, 0.2) is 0 Å². The van der Waals surface area contributed by atoms with Gasteiger partial charge >= 0.3 is 6.03 Å². The Morgan fingerprint density at radius 2 is 2.26 bits per heavy atom. The van der Waals surface area contributed by atoms with Crippen molar-refractivity contribution >= 4 is 39.6 Å². The van der Waals surface area contributed by atoms with Crippen LogP contribution in [0.1, 0.15) is 6.42 Å². The zero-order valence-corrected chi connectivity index (χ0v) is 12.9. The number of carbonyl (C=O) groups excluding carboxylic acids is 2. The zero-order valence-electron chi connectivity index (χ0n) is 10.5. The van der Waals surface area contributed by atoms with Crippen molar-refractivity contribution in [1.82, 2.24) is 20.0 Å². The molecule has 104 valence electrons. The lowest BCUT2D eigenvalue weighted by Crippen LogP contribution is -2.34. The number of rotatable bonds is 6. The van der Waals surface area contributed by atoms with E-state index in [0.717, 1.165) is 10.2 Å². The molecule has 2 rings (SSSR count). The highest BCUT2D eigenvalue weighted by atomic mass is 79.9. The molecule has 19 heavy (non-hydrogen) atoms. The minimum Gasteiger partial charge on any atom is -0.326 e. The van der Waals surface area contributed by atoms with Gasteiger partial charge in [-0.15, -0.1) is 0 Å². The van der Waals surface area contributed by atoms with Gasteiger partial charge < -0.3 is 5.32 Å². The average Bonchev–Trinajstić information content (AvgIpc) is 2.90. The summed E-state index contributed by atoms with van der Waals surface area (Å²) >= 11 is 4.97. The van der Waals surface area contributed by atoms with E-state index in [4.69, 9.17) is 0 Å². The molecule has 6 nitrogen and oxygen atoms in total. The number of nitrogens with one attached hydrogen (secondary N) is 1. The SMILES string of the molecule is CSCC[C@@H]1NC(=O)N(CCn2cc(Br)cn2)C1=O. The molecular weight excluding hydrogens is 332 g/mol. The van der Waals surface area contributed by atoms with Crippen LogP contribution in [0.15, 0.2) is 16.9 Å². The number of aromatic nitrogens is 2. The van der Waals surface area contributed by atoms with Gasteiger partial charge in [-0.05, 0) is 34.4 Å². The minimum atomic E-state index is -0.371. The van der Waals surface area contributed by atoms with Crippen LogP contribution in [0, 0.1) is 0 Å². The Morgan fingerprint density at radius 3 is 2.89 bits per heavy atom. The van der Waals surface area contributed by atoms with Crippen LogP contribution < -0.4 is 5.32 Å². The topological polar surface area (TPSA) is 67.2 Å². The number of hydrogen-bond acceptors (Lipinski definition) is 4. The predicted molar refractivity (Wildman–Crippen MR) is 77.0 cm³/mol. The van der Waals surface area contributed by atoms with Crippen molar-refractivity contribution in [3.63, 3.8) is 0 Å². The Hall–Kier alpha value is -1.02. The second kappa shape index (κ2) is 6.42. The van der Waals surface area contributed by atoms with Gasteiger partial charge in [0.1, 0.15) is 6.04 Å². The highest BCUT2D eigenvalue weighted by Crippen LogP contribution is 2.12. The highest BCUT2D eigenvalue weighted by molar-refractivity contribution is 9.10. The fourth-order valence-electron chi connectivity index (χ4n) is 1.88. The fourth-order valence-corrected chi connectivity index (χ4v) is 2.68. The lowest BCUT2D eigenvalue weighted by atomic mass is 10.2. The first-order chi connectivity index (χ1) is 9.11. The van der Waals surface area contributed by atoms with E-state index >= 15 is 0 Å². The Labute approximate surface area is 124 Å². The molecule has 2 heterocycles. The number of hydrogen-bond donors (Lipinski definition) is 1. The maximum Gasteiger partial charge on any atom is 0.324 e.